The maximum absolute atomic E-state index is 9.82. The highest BCUT2D eigenvalue weighted by molar-refractivity contribution is 6.29. The van der Waals surface area contributed by atoms with E-state index in [2.05, 4.69) is 21.4 Å². The van der Waals surface area contributed by atoms with Gasteiger partial charge in [-0.3, -0.25) is 0 Å². The number of nitrogens with zero attached hydrogens (tertiary/aromatic N) is 2. The van der Waals surface area contributed by atoms with Crippen molar-refractivity contribution >= 4 is 23.1 Å². The summed E-state index contributed by atoms with van der Waals surface area (Å²) in [6.45, 7) is 0. The molecule has 5 heteroatoms. The second-order valence-electron chi connectivity index (χ2n) is 4.69. The van der Waals surface area contributed by atoms with Crippen LogP contribution in [0.1, 0.15) is 17.5 Å². The third-order valence-corrected chi connectivity index (χ3v) is 3.56. The Hall–Kier alpha value is -1.65. The Morgan fingerprint density at radius 2 is 2.21 bits per heavy atom. The van der Waals surface area contributed by atoms with E-state index in [1.54, 1.807) is 6.07 Å². The van der Waals surface area contributed by atoms with E-state index in [4.69, 9.17) is 11.6 Å². The average molecular weight is 276 g/mol. The molecular formula is C14H14ClN3O. The molecule has 0 spiro atoms. The van der Waals surface area contributed by atoms with Crippen LogP contribution < -0.4 is 5.32 Å². The predicted molar refractivity (Wildman–Crippen MR) is 74.8 cm³/mol. The van der Waals surface area contributed by atoms with Crippen LogP contribution in [0.5, 0.6) is 0 Å². The largest absolute Gasteiger partial charge is 0.393 e. The van der Waals surface area contributed by atoms with Crippen LogP contribution in [0, 0.1) is 0 Å². The van der Waals surface area contributed by atoms with Gasteiger partial charge in [-0.05, 0) is 30.0 Å². The van der Waals surface area contributed by atoms with Crippen LogP contribution in [0.4, 0.5) is 11.5 Å². The highest BCUT2D eigenvalue weighted by Gasteiger charge is 2.19. The minimum absolute atomic E-state index is 0.260. The van der Waals surface area contributed by atoms with Crippen LogP contribution in [0.15, 0.2) is 30.6 Å². The molecule has 0 saturated heterocycles. The molecule has 0 aliphatic heterocycles. The summed E-state index contributed by atoms with van der Waals surface area (Å²) in [6.07, 6.45) is 3.59. The van der Waals surface area contributed by atoms with Gasteiger partial charge in [0.2, 0.25) is 0 Å². The zero-order valence-corrected chi connectivity index (χ0v) is 11.1. The number of aliphatic hydroxyl groups is 1. The first-order valence-corrected chi connectivity index (χ1v) is 6.63. The van der Waals surface area contributed by atoms with Gasteiger partial charge in [-0.1, -0.05) is 23.7 Å². The molecule has 0 bridgehead atoms. The van der Waals surface area contributed by atoms with E-state index in [9.17, 15) is 5.11 Å². The number of aliphatic hydroxyl groups excluding tert-OH is 1. The molecule has 0 fully saturated rings. The monoisotopic (exact) mass is 275 g/mol. The number of nitrogens with one attached hydrogen (secondary N) is 1. The van der Waals surface area contributed by atoms with Crippen molar-refractivity contribution in [3.05, 3.63) is 46.9 Å². The van der Waals surface area contributed by atoms with Crippen molar-refractivity contribution in [2.75, 3.05) is 5.32 Å². The SMILES string of the molecule is OC1CCc2cccc(Nc3cc(Cl)ncn3)c2C1. The van der Waals surface area contributed by atoms with E-state index >= 15 is 0 Å². The minimum atomic E-state index is -0.260. The van der Waals surface area contributed by atoms with E-state index in [0.717, 1.165) is 24.1 Å². The van der Waals surface area contributed by atoms with E-state index in [0.29, 0.717) is 17.4 Å². The van der Waals surface area contributed by atoms with E-state index < -0.39 is 0 Å². The molecule has 0 saturated carbocycles. The van der Waals surface area contributed by atoms with Crippen molar-refractivity contribution < 1.29 is 5.11 Å². The number of rotatable bonds is 2. The second-order valence-corrected chi connectivity index (χ2v) is 5.08. The molecule has 2 aromatic rings. The summed E-state index contributed by atoms with van der Waals surface area (Å²) in [5, 5.41) is 13.5. The van der Waals surface area contributed by atoms with Gasteiger partial charge in [0.1, 0.15) is 17.3 Å². The Labute approximate surface area is 116 Å². The van der Waals surface area contributed by atoms with Crippen molar-refractivity contribution in [3.63, 3.8) is 0 Å². The summed E-state index contributed by atoms with van der Waals surface area (Å²) >= 11 is 5.85. The van der Waals surface area contributed by atoms with Crippen molar-refractivity contribution in [2.45, 2.75) is 25.4 Å². The lowest BCUT2D eigenvalue weighted by molar-refractivity contribution is 0.159. The van der Waals surface area contributed by atoms with Gasteiger partial charge in [0, 0.05) is 18.2 Å². The lowest BCUT2D eigenvalue weighted by Gasteiger charge is -2.23. The fourth-order valence-corrected chi connectivity index (χ4v) is 2.57. The van der Waals surface area contributed by atoms with Crippen LogP contribution in [0.25, 0.3) is 0 Å². The van der Waals surface area contributed by atoms with E-state index in [1.807, 2.05) is 12.1 Å². The Balaban J connectivity index is 1.93. The topological polar surface area (TPSA) is 58.0 Å². The number of hydrogen-bond donors (Lipinski definition) is 2. The molecule has 1 aromatic carbocycles. The maximum Gasteiger partial charge on any atom is 0.135 e. The Morgan fingerprint density at radius 3 is 3.05 bits per heavy atom. The van der Waals surface area contributed by atoms with Gasteiger partial charge >= 0.3 is 0 Å². The summed E-state index contributed by atoms with van der Waals surface area (Å²) in [4.78, 5) is 7.99. The van der Waals surface area contributed by atoms with Gasteiger partial charge in [-0.15, -0.1) is 0 Å². The van der Waals surface area contributed by atoms with Crippen LogP contribution in [0.3, 0.4) is 0 Å². The lowest BCUT2D eigenvalue weighted by atomic mass is 9.88. The van der Waals surface area contributed by atoms with Crippen molar-refractivity contribution in [1.82, 2.24) is 9.97 Å². The fourth-order valence-electron chi connectivity index (χ4n) is 2.43. The third-order valence-electron chi connectivity index (χ3n) is 3.36. The number of anilines is 2. The fraction of sp³-hybridized carbons (Fsp3) is 0.286. The first-order chi connectivity index (χ1) is 9.22. The van der Waals surface area contributed by atoms with Crippen molar-refractivity contribution in [3.8, 4) is 0 Å². The quantitative estimate of drug-likeness (QED) is 0.828. The average Bonchev–Trinajstić information content (AvgIpc) is 2.39. The summed E-state index contributed by atoms with van der Waals surface area (Å²) in [5.74, 6) is 0.661. The third kappa shape index (κ3) is 2.69. The zero-order valence-electron chi connectivity index (χ0n) is 10.3. The molecule has 98 valence electrons. The molecule has 1 unspecified atom stereocenters. The maximum atomic E-state index is 9.82. The molecule has 0 amide bonds. The smallest absolute Gasteiger partial charge is 0.135 e. The predicted octanol–water partition coefficient (Wildman–Crippen LogP) is 2.72. The Kier molecular flexibility index (Phi) is 3.36. The zero-order chi connectivity index (χ0) is 13.2. The molecule has 0 radical (unpaired) electrons. The van der Waals surface area contributed by atoms with Gasteiger partial charge in [0.15, 0.2) is 0 Å². The standard InChI is InChI=1S/C14H14ClN3O/c15-13-7-14(17-8-16-13)18-12-3-1-2-9-4-5-10(19)6-11(9)12/h1-3,7-8,10,19H,4-6H2,(H,16,17,18). The van der Waals surface area contributed by atoms with Gasteiger partial charge in [-0.2, -0.15) is 0 Å². The lowest BCUT2D eigenvalue weighted by Crippen LogP contribution is -2.19. The van der Waals surface area contributed by atoms with Gasteiger partial charge in [-0.25, -0.2) is 9.97 Å². The Bertz CT molecular complexity index is 603. The molecule has 2 N–H and O–H groups in total. The molecule has 1 aliphatic carbocycles. The molecule has 4 nitrogen and oxygen atoms in total. The first kappa shape index (κ1) is 12.4. The molecule has 1 heterocycles. The number of halogens is 1. The minimum Gasteiger partial charge on any atom is -0.393 e. The molecule has 1 aromatic heterocycles. The highest BCUT2D eigenvalue weighted by Crippen LogP contribution is 2.29. The van der Waals surface area contributed by atoms with E-state index in [1.165, 1.54) is 11.9 Å². The Morgan fingerprint density at radius 1 is 1.32 bits per heavy atom. The number of benzene rings is 1. The van der Waals surface area contributed by atoms with Crippen LogP contribution in [0.2, 0.25) is 5.15 Å². The molecule has 1 atom stereocenters. The van der Waals surface area contributed by atoms with Crippen LogP contribution >= 0.6 is 11.6 Å². The molecular weight excluding hydrogens is 262 g/mol. The highest BCUT2D eigenvalue weighted by atomic mass is 35.5. The van der Waals surface area contributed by atoms with Crippen LogP contribution in [-0.2, 0) is 12.8 Å². The van der Waals surface area contributed by atoms with Crippen LogP contribution in [-0.4, -0.2) is 21.2 Å². The number of fused-ring (bicyclic) bond motifs is 1. The van der Waals surface area contributed by atoms with Gasteiger partial charge in [0.25, 0.3) is 0 Å². The normalized spacial score (nSPS) is 17.9. The van der Waals surface area contributed by atoms with Crippen molar-refractivity contribution in [1.29, 1.82) is 0 Å². The van der Waals surface area contributed by atoms with Gasteiger partial charge in [0.05, 0.1) is 6.10 Å². The molecule has 3 rings (SSSR count). The summed E-state index contributed by atoms with van der Waals surface area (Å²) in [6, 6.07) is 7.80. The molecule has 1 aliphatic rings. The second kappa shape index (κ2) is 5.15. The summed E-state index contributed by atoms with van der Waals surface area (Å²) in [7, 11) is 0. The number of hydrogen-bond acceptors (Lipinski definition) is 4. The number of aromatic nitrogens is 2. The summed E-state index contributed by atoms with van der Waals surface area (Å²) < 4.78 is 0. The first-order valence-electron chi connectivity index (χ1n) is 6.26. The summed E-state index contributed by atoms with van der Waals surface area (Å²) in [5.41, 5.74) is 3.43. The van der Waals surface area contributed by atoms with E-state index in [-0.39, 0.29) is 6.10 Å². The van der Waals surface area contributed by atoms with Gasteiger partial charge < -0.3 is 10.4 Å². The molecule has 19 heavy (non-hydrogen) atoms. The van der Waals surface area contributed by atoms with Crippen molar-refractivity contribution in [2.24, 2.45) is 0 Å². The number of aryl methyl sites for hydroxylation is 1.